The maximum Gasteiger partial charge on any atom is 0.224 e. The lowest BCUT2D eigenvalue weighted by Crippen LogP contribution is -2.24. The van der Waals surface area contributed by atoms with Gasteiger partial charge in [0.05, 0.1) is 20.1 Å². The topological polar surface area (TPSA) is 47.6 Å². The van der Waals surface area contributed by atoms with Crippen molar-refractivity contribution in [2.24, 2.45) is 5.92 Å². The summed E-state index contributed by atoms with van der Waals surface area (Å²) in [6.45, 7) is 7.50. The number of nitrogens with one attached hydrogen (secondary N) is 1. The van der Waals surface area contributed by atoms with Crippen molar-refractivity contribution in [3.63, 3.8) is 0 Å². The molecule has 4 nitrogen and oxygen atoms in total. The first kappa shape index (κ1) is 19.8. The molecule has 0 bridgehead atoms. The molecule has 0 fully saturated rings. The number of carbonyl (C=O) groups excluding carboxylic acids is 1. The highest BCUT2D eigenvalue weighted by atomic mass is 16.5. The third-order valence-corrected chi connectivity index (χ3v) is 4.12. The van der Waals surface area contributed by atoms with Crippen molar-refractivity contribution >= 4 is 5.91 Å². The summed E-state index contributed by atoms with van der Waals surface area (Å²) in [5, 5.41) is 2.96. The molecule has 0 aromatic heterocycles. The fourth-order valence-corrected chi connectivity index (χ4v) is 2.62. The van der Waals surface area contributed by atoms with E-state index in [9.17, 15) is 4.79 Å². The third-order valence-electron chi connectivity index (χ3n) is 4.12. The first-order valence-electron chi connectivity index (χ1n) is 9.10. The molecule has 2 aromatic rings. The van der Waals surface area contributed by atoms with Gasteiger partial charge in [-0.05, 0) is 42.5 Å². The van der Waals surface area contributed by atoms with Gasteiger partial charge in [-0.3, -0.25) is 4.79 Å². The monoisotopic (exact) mass is 355 g/mol. The van der Waals surface area contributed by atoms with Crippen LogP contribution in [0.2, 0.25) is 0 Å². The van der Waals surface area contributed by atoms with E-state index in [-0.39, 0.29) is 5.91 Å². The van der Waals surface area contributed by atoms with E-state index in [1.165, 1.54) is 0 Å². The van der Waals surface area contributed by atoms with Crippen molar-refractivity contribution < 1.29 is 14.3 Å². The zero-order valence-electron chi connectivity index (χ0n) is 16.2. The molecule has 0 saturated heterocycles. The smallest absolute Gasteiger partial charge is 0.224 e. The van der Waals surface area contributed by atoms with Gasteiger partial charge in [-0.15, -0.1) is 0 Å². The highest BCUT2D eigenvalue weighted by Gasteiger charge is 2.08. The van der Waals surface area contributed by atoms with Crippen LogP contribution in [0, 0.1) is 12.8 Å². The predicted molar refractivity (Wildman–Crippen MR) is 105 cm³/mol. The van der Waals surface area contributed by atoms with Gasteiger partial charge in [-0.2, -0.15) is 0 Å². The van der Waals surface area contributed by atoms with E-state index < -0.39 is 0 Å². The maximum atomic E-state index is 12.2. The van der Waals surface area contributed by atoms with Crippen molar-refractivity contribution in [3.05, 3.63) is 59.2 Å². The normalized spacial score (nSPS) is 10.7. The Balaban J connectivity index is 1.89. The van der Waals surface area contributed by atoms with Gasteiger partial charge in [0, 0.05) is 6.54 Å². The molecule has 0 aliphatic rings. The Kier molecular flexibility index (Phi) is 7.52. The standard InChI is InChI=1S/C22H29NO3/c1-16(2)10-11-26-20-9-8-19(13-21(20)25-4)15-23-22(24)14-18-7-5-6-17(3)12-18/h5-9,12-13,16H,10-11,14-15H2,1-4H3,(H,23,24). The van der Waals surface area contributed by atoms with Crippen molar-refractivity contribution in [1.82, 2.24) is 5.32 Å². The number of aryl methyl sites for hydroxylation is 1. The van der Waals surface area contributed by atoms with Crippen molar-refractivity contribution in [2.75, 3.05) is 13.7 Å². The van der Waals surface area contributed by atoms with E-state index in [0.717, 1.165) is 28.9 Å². The molecule has 0 aliphatic heterocycles. The fourth-order valence-electron chi connectivity index (χ4n) is 2.62. The summed E-state index contributed by atoms with van der Waals surface area (Å²) in [5.74, 6) is 2.04. The zero-order valence-corrected chi connectivity index (χ0v) is 16.2. The van der Waals surface area contributed by atoms with Gasteiger partial charge in [0.2, 0.25) is 5.91 Å². The molecule has 0 heterocycles. The number of ether oxygens (including phenoxy) is 2. The van der Waals surface area contributed by atoms with Crippen LogP contribution in [-0.4, -0.2) is 19.6 Å². The first-order chi connectivity index (χ1) is 12.5. The lowest BCUT2D eigenvalue weighted by Gasteiger charge is -2.13. The minimum absolute atomic E-state index is 0.00632. The van der Waals surface area contributed by atoms with E-state index >= 15 is 0 Å². The Labute approximate surface area is 156 Å². The molecule has 2 aromatic carbocycles. The Morgan fingerprint density at radius 1 is 1.08 bits per heavy atom. The number of hydrogen-bond acceptors (Lipinski definition) is 3. The SMILES string of the molecule is COc1cc(CNC(=O)Cc2cccc(C)c2)ccc1OCCC(C)C. The van der Waals surface area contributed by atoms with E-state index in [2.05, 4.69) is 19.2 Å². The molecule has 0 spiro atoms. The van der Waals surface area contributed by atoms with Crippen LogP contribution >= 0.6 is 0 Å². The van der Waals surface area contributed by atoms with Crippen molar-refractivity contribution in [3.8, 4) is 11.5 Å². The molecule has 0 saturated carbocycles. The zero-order chi connectivity index (χ0) is 18.9. The first-order valence-corrected chi connectivity index (χ1v) is 9.10. The molecule has 140 valence electrons. The Bertz CT molecular complexity index is 725. The molecular formula is C22H29NO3. The molecule has 0 radical (unpaired) electrons. The largest absolute Gasteiger partial charge is 0.493 e. The molecule has 1 N–H and O–H groups in total. The summed E-state index contributed by atoms with van der Waals surface area (Å²) in [6.07, 6.45) is 1.38. The lowest BCUT2D eigenvalue weighted by atomic mass is 10.1. The average molecular weight is 355 g/mol. The Morgan fingerprint density at radius 3 is 2.58 bits per heavy atom. The summed E-state index contributed by atoms with van der Waals surface area (Å²) in [7, 11) is 1.63. The maximum absolute atomic E-state index is 12.2. The summed E-state index contributed by atoms with van der Waals surface area (Å²) < 4.78 is 11.2. The van der Waals surface area contributed by atoms with E-state index in [1.54, 1.807) is 7.11 Å². The molecule has 0 aliphatic carbocycles. The van der Waals surface area contributed by atoms with Gasteiger partial charge < -0.3 is 14.8 Å². The second kappa shape index (κ2) is 9.85. The van der Waals surface area contributed by atoms with Crippen LogP contribution in [0.4, 0.5) is 0 Å². The Morgan fingerprint density at radius 2 is 1.88 bits per heavy atom. The molecule has 0 unspecified atom stereocenters. The second-order valence-corrected chi connectivity index (χ2v) is 6.96. The number of methoxy groups -OCH3 is 1. The van der Waals surface area contributed by atoms with Crippen molar-refractivity contribution in [1.29, 1.82) is 0 Å². The van der Waals surface area contributed by atoms with Crippen LogP contribution in [0.15, 0.2) is 42.5 Å². The fraction of sp³-hybridized carbons (Fsp3) is 0.409. The third kappa shape index (κ3) is 6.43. The number of carbonyl (C=O) groups is 1. The summed E-state index contributed by atoms with van der Waals surface area (Å²) in [6, 6.07) is 13.8. The van der Waals surface area contributed by atoms with Crippen LogP contribution in [0.5, 0.6) is 11.5 Å². The quantitative estimate of drug-likeness (QED) is 0.730. The second-order valence-electron chi connectivity index (χ2n) is 6.96. The van der Waals surface area contributed by atoms with E-state index in [4.69, 9.17) is 9.47 Å². The molecule has 26 heavy (non-hydrogen) atoms. The minimum atomic E-state index is 0.00632. The van der Waals surface area contributed by atoms with Crippen molar-refractivity contribution in [2.45, 2.75) is 40.2 Å². The molecule has 4 heteroatoms. The van der Waals surface area contributed by atoms with Crippen LogP contribution < -0.4 is 14.8 Å². The summed E-state index contributed by atoms with van der Waals surface area (Å²) >= 11 is 0. The van der Waals surface area contributed by atoms with Gasteiger partial charge in [0.15, 0.2) is 11.5 Å². The number of amides is 1. The lowest BCUT2D eigenvalue weighted by molar-refractivity contribution is -0.120. The summed E-state index contributed by atoms with van der Waals surface area (Å²) in [5.41, 5.74) is 3.16. The number of rotatable bonds is 9. The molecular weight excluding hydrogens is 326 g/mol. The Hall–Kier alpha value is -2.49. The van der Waals surface area contributed by atoms with Crippen LogP contribution in [0.1, 0.15) is 37.0 Å². The van der Waals surface area contributed by atoms with Crippen LogP contribution in [0.3, 0.4) is 0 Å². The minimum Gasteiger partial charge on any atom is -0.493 e. The highest BCUT2D eigenvalue weighted by molar-refractivity contribution is 5.78. The molecule has 0 atom stereocenters. The van der Waals surface area contributed by atoms with Crippen LogP contribution in [-0.2, 0) is 17.8 Å². The van der Waals surface area contributed by atoms with Gasteiger partial charge in [-0.1, -0.05) is 49.7 Å². The van der Waals surface area contributed by atoms with Gasteiger partial charge in [0.1, 0.15) is 0 Å². The van der Waals surface area contributed by atoms with Gasteiger partial charge in [-0.25, -0.2) is 0 Å². The van der Waals surface area contributed by atoms with Crippen LogP contribution in [0.25, 0.3) is 0 Å². The van der Waals surface area contributed by atoms with E-state index in [0.29, 0.717) is 31.2 Å². The highest BCUT2D eigenvalue weighted by Crippen LogP contribution is 2.28. The summed E-state index contributed by atoms with van der Waals surface area (Å²) in [4.78, 5) is 12.2. The average Bonchev–Trinajstić information content (AvgIpc) is 2.60. The van der Waals surface area contributed by atoms with Gasteiger partial charge in [0.25, 0.3) is 0 Å². The molecule has 1 amide bonds. The molecule has 2 rings (SSSR count). The predicted octanol–water partition coefficient (Wildman–Crippen LogP) is 4.29. The number of benzene rings is 2. The number of hydrogen-bond donors (Lipinski definition) is 1. The van der Waals surface area contributed by atoms with Gasteiger partial charge >= 0.3 is 0 Å². The van der Waals surface area contributed by atoms with E-state index in [1.807, 2.05) is 49.4 Å².